The molecule has 4 nitrogen and oxygen atoms in total. The molecule has 1 heterocycles. The third-order valence-corrected chi connectivity index (χ3v) is 2.70. The van der Waals surface area contributed by atoms with Crippen LogP contribution in [-0.4, -0.2) is 33.4 Å². The second-order valence-corrected chi connectivity index (χ2v) is 3.27. The molecule has 0 amide bonds. The third kappa shape index (κ3) is 1.02. The van der Waals surface area contributed by atoms with Crippen LogP contribution >= 0.6 is 0 Å². The van der Waals surface area contributed by atoms with Gasteiger partial charge < -0.3 is 10.3 Å². The number of rotatable bonds is 1. The number of nitrogens with zero attached hydrogens (tertiary/aromatic N) is 1. The average Bonchev–Trinajstić information content (AvgIpc) is 2.18. The van der Waals surface area contributed by atoms with Gasteiger partial charge >= 0.3 is 5.97 Å². The van der Waals surface area contributed by atoms with Crippen LogP contribution in [0.2, 0.25) is 0 Å². The predicted molar refractivity (Wildman–Crippen MR) is 38.3 cm³/mol. The number of hydroxylamine groups is 2. The highest BCUT2D eigenvalue weighted by molar-refractivity contribution is 5.78. The van der Waals surface area contributed by atoms with Crippen molar-refractivity contribution in [2.24, 2.45) is 5.92 Å². The van der Waals surface area contributed by atoms with Crippen LogP contribution in [0.4, 0.5) is 0 Å². The van der Waals surface area contributed by atoms with Crippen LogP contribution in [0, 0.1) is 5.92 Å². The number of carboxylic acids is 1. The summed E-state index contributed by atoms with van der Waals surface area (Å²) in [6.07, 6.45) is 0.735. The molecule has 0 radical (unpaired) electrons. The maximum atomic E-state index is 10.7. The molecule has 2 unspecified atom stereocenters. The average molecular weight is 159 g/mol. The van der Waals surface area contributed by atoms with E-state index in [1.54, 1.807) is 6.92 Å². The molecule has 0 spiro atoms. The van der Waals surface area contributed by atoms with Crippen LogP contribution in [0.5, 0.6) is 0 Å². The van der Waals surface area contributed by atoms with E-state index in [4.69, 9.17) is 5.11 Å². The van der Waals surface area contributed by atoms with Crippen LogP contribution in [-0.2, 0) is 4.79 Å². The lowest BCUT2D eigenvalue weighted by Gasteiger charge is -2.28. The molecule has 0 aromatic heterocycles. The van der Waals surface area contributed by atoms with Gasteiger partial charge in [-0.3, -0.25) is 4.79 Å². The Morgan fingerprint density at radius 3 is 2.45 bits per heavy atom. The highest BCUT2D eigenvalue weighted by Crippen LogP contribution is 2.32. The van der Waals surface area contributed by atoms with Gasteiger partial charge in [0.2, 0.25) is 0 Å². The summed E-state index contributed by atoms with van der Waals surface area (Å²) in [5.41, 5.74) is -1.08. The van der Waals surface area contributed by atoms with Gasteiger partial charge in [0, 0.05) is 6.54 Å². The monoisotopic (exact) mass is 159 g/mol. The van der Waals surface area contributed by atoms with Crippen molar-refractivity contribution in [2.75, 3.05) is 6.54 Å². The van der Waals surface area contributed by atoms with Crippen molar-refractivity contribution in [3.63, 3.8) is 0 Å². The van der Waals surface area contributed by atoms with Crippen molar-refractivity contribution in [3.05, 3.63) is 0 Å². The van der Waals surface area contributed by atoms with Gasteiger partial charge in [-0.25, -0.2) is 0 Å². The standard InChI is InChI=1S/C7H13NO3/c1-5-3-4-8(11)7(5,2)6(9)10/h5,11H,3-4H2,1-2H3,(H,9,10). The number of hydrogen-bond donors (Lipinski definition) is 2. The zero-order chi connectivity index (χ0) is 8.65. The molecule has 1 fully saturated rings. The SMILES string of the molecule is CC1CCN(O)C1(C)C(=O)O. The van der Waals surface area contributed by atoms with E-state index in [0.29, 0.717) is 6.54 Å². The molecule has 0 aromatic rings. The summed E-state index contributed by atoms with van der Waals surface area (Å²) in [5, 5.41) is 19.0. The molecule has 4 heteroatoms. The van der Waals surface area contributed by atoms with E-state index in [1.165, 1.54) is 0 Å². The molecule has 2 atom stereocenters. The van der Waals surface area contributed by atoms with Crippen LogP contribution in [0.3, 0.4) is 0 Å². The second kappa shape index (κ2) is 2.46. The Morgan fingerprint density at radius 1 is 1.73 bits per heavy atom. The van der Waals surface area contributed by atoms with E-state index in [0.717, 1.165) is 11.5 Å². The van der Waals surface area contributed by atoms with Gasteiger partial charge in [-0.15, -0.1) is 0 Å². The summed E-state index contributed by atoms with van der Waals surface area (Å²) in [4.78, 5) is 10.7. The van der Waals surface area contributed by atoms with Gasteiger partial charge in [-0.1, -0.05) is 6.92 Å². The van der Waals surface area contributed by atoms with Crippen molar-refractivity contribution in [3.8, 4) is 0 Å². The van der Waals surface area contributed by atoms with E-state index in [2.05, 4.69) is 0 Å². The predicted octanol–water partition coefficient (Wildman–Crippen LogP) is 0.561. The molecule has 0 aromatic carbocycles. The van der Waals surface area contributed by atoms with Crippen LogP contribution in [0.15, 0.2) is 0 Å². The van der Waals surface area contributed by atoms with Gasteiger partial charge in [0.15, 0.2) is 0 Å². The second-order valence-electron chi connectivity index (χ2n) is 3.27. The first-order chi connectivity index (χ1) is 4.99. The van der Waals surface area contributed by atoms with Gasteiger partial charge in [-0.2, -0.15) is 5.06 Å². The van der Waals surface area contributed by atoms with Gasteiger partial charge in [0.05, 0.1) is 0 Å². The molecular weight excluding hydrogens is 146 g/mol. The molecule has 0 saturated carbocycles. The Hall–Kier alpha value is -0.610. The van der Waals surface area contributed by atoms with Crippen LogP contribution in [0.25, 0.3) is 0 Å². The molecule has 2 N–H and O–H groups in total. The fourth-order valence-corrected chi connectivity index (χ4v) is 1.40. The Bertz CT molecular complexity index is 171. The summed E-state index contributed by atoms with van der Waals surface area (Å²) < 4.78 is 0. The summed E-state index contributed by atoms with van der Waals surface area (Å²) >= 11 is 0. The molecule has 64 valence electrons. The molecule has 1 aliphatic heterocycles. The summed E-state index contributed by atoms with van der Waals surface area (Å²) in [6.45, 7) is 3.83. The molecule has 1 rings (SSSR count). The minimum Gasteiger partial charge on any atom is -0.480 e. The zero-order valence-corrected chi connectivity index (χ0v) is 6.74. The molecule has 1 aliphatic rings. The molecular formula is C7H13NO3. The molecule has 0 bridgehead atoms. The Balaban J connectivity index is 2.88. The van der Waals surface area contributed by atoms with Crippen LogP contribution in [0.1, 0.15) is 20.3 Å². The Labute approximate surface area is 65.4 Å². The highest BCUT2D eigenvalue weighted by Gasteiger charge is 2.48. The van der Waals surface area contributed by atoms with E-state index in [9.17, 15) is 10.0 Å². The van der Waals surface area contributed by atoms with Gasteiger partial charge in [0.1, 0.15) is 5.54 Å². The fourth-order valence-electron chi connectivity index (χ4n) is 1.40. The van der Waals surface area contributed by atoms with E-state index < -0.39 is 11.5 Å². The number of carboxylic acid groups (broad SMARTS) is 1. The quantitative estimate of drug-likeness (QED) is 0.587. The largest absolute Gasteiger partial charge is 0.480 e. The third-order valence-electron chi connectivity index (χ3n) is 2.70. The van der Waals surface area contributed by atoms with E-state index >= 15 is 0 Å². The van der Waals surface area contributed by atoms with Gasteiger partial charge in [0.25, 0.3) is 0 Å². The first-order valence-electron chi connectivity index (χ1n) is 3.69. The maximum Gasteiger partial charge on any atom is 0.326 e. The van der Waals surface area contributed by atoms with E-state index in [-0.39, 0.29) is 5.92 Å². The Morgan fingerprint density at radius 2 is 2.27 bits per heavy atom. The van der Waals surface area contributed by atoms with Crippen molar-refractivity contribution < 1.29 is 15.1 Å². The lowest BCUT2D eigenvalue weighted by Crippen LogP contribution is -2.49. The topological polar surface area (TPSA) is 60.8 Å². The molecule has 1 saturated heterocycles. The number of carbonyl (C=O) groups is 1. The lowest BCUT2D eigenvalue weighted by atomic mass is 9.89. The minimum atomic E-state index is -1.08. The maximum absolute atomic E-state index is 10.7. The smallest absolute Gasteiger partial charge is 0.326 e. The van der Waals surface area contributed by atoms with Crippen molar-refractivity contribution in [1.29, 1.82) is 0 Å². The van der Waals surface area contributed by atoms with Crippen molar-refractivity contribution >= 4 is 5.97 Å². The van der Waals surface area contributed by atoms with Crippen molar-refractivity contribution in [1.82, 2.24) is 5.06 Å². The summed E-state index contributed by atoms with van der Waals surface area (Å²) in [7, 11) is 0. The summed E-state index contributed by atoms with van der Waals surface area (Å²) in [6, 6.07) is 0. The normalized spacial score (nSPS) is 39.4. The lowest BCUT2D eigenvalue weighted by molar-refractivity contribution is -0.185. The number of aliphatic carboxylic acids is 1. The van der Waals surface area contributed by atoms with Crippen molar-refractivity contribution in [2.45, 2.75) is 25.8 Å². The first kappa shape index (κ1) is 8.49. The number of hydrogen-bond acceptors (Lipinski definition) is 3. The first-order valence-corrected chi connectivity index (χ1v) is 3.69. The zero-order valence-electron chi connectivity index (χ0n) is 6.74. The summed E-state index contributed by atoms with van der Waals surface area (Å²) in [5.74, 6) is -0.949. The molecule has 11 heavy (non-hydrogen) atoms. The fraction of sp³-hybridized carbons (Fsp3) is 0.857. The minimum absolute atomic E-state index is 0.00463. The highest BCUT2D eigenvalue weighted by atomic mass is 16.5. The van der Waals surface area contributed by atoms with E-state index in [1.807, 2.05) is 6.92 Å². The van der Waals surface area contributed by atoms with Gasteiger partial charge in [-0.05, 0) is 19.3 Å². The molecule has 0 aliphatic carbocycles. The van der Waals surface area contributed by atoms with Crippen LogP contribution < -0.4 is 0 Å². The Kier molecular flexibility index (Phi) is 1.90.